The maximum absolute atomic E-state index is 13.0. The Balaban J connectivity index is 1.88. The number of hydrogen-bond donors (Lipinski definition) is 1. The van der Waals surface area contributed by atoms with Crippen LogP contribution in [-0.2, 0) is 10.0 Å². The molecule has 1 aliphatic heterocycles. The van der Waals surface area contributed by atoms with E-state index in [9.17, 15) is 13.2 Å². The van der Waals surface area contributed by atoms with Crippen molar-refractivity contribution in [3.05, 3.63) is 53.3 Å². The predicted octanol–water partition coefficient (Wildman–Crippen LogP) is 3.41. The third-order valence-corrected chi connectivity index (χ3v) is 6.70. The molecule has 1 aromatic carbocycles. The number of benzene rings is 1. The standard InChI is InChI=1S/C18H20ClN3O3S/c1-13-4-3-9-22(12-13)26(24,25)17-10-14(6-7-16(17)19)18(23)21-15-5-2-8-20-11-15/h2,5-8,10-11,13H,3-4,9,12H2,1H3,(H,21,23). The molecule has 0 aliphatic carbocycles. The van der Waals surface area contributed by atoms with Crippen LogP contribution in [0.3, 0.4) is 0 Å². The zero-order valence-corrected chi connectivity index (χ0v) is 15.9. The van der Waals surface area contributed by atoms with Crippen molar-refractivity contribution < 1.29 is 13.2 Å². The number of carbonyl (C=O) groups excluding carboxylic acids is 1. The molecule has 1 fully saturated rings. The molecule has 1 unspecified atom stereocenters. The predicted molar refractivity (Wildman–Crippen MR) is 101 cm³/mol. The summed E-state index contributed by atoms with van der Waals surface area (Å²) in [5.41, 5.74) is 0.753. The number of piperidine rings is 1. The summed E-state index contributed by atoms with van der Waals surface area (Å²) in [6, 6.07) is 7.69. The lowest BCUT2D eigenvalue weighted by Gasteiger charge is -2.30. The van der Waals surface area contributed by atoms with Gasteiger partial charge in [-0.05, 0) is 49.1 Å². The normalized spacial score (nSPS) is 18.5. The highest BCUT2D eigenvalue weighted by molar-refractivity contribution is 7.89. The largest absolute Gasteiger partial charge is 0.321 e. The highest BCUT2D eigenvalue weighted by atomic mass is 35.5. The molecular formula is C18H20ClN3O3S. The van der Waals surface area contributed by atoms with Crippen LogP contribution in [0.2, 0.25) is 5.02 Å². The van der Waals surface area contributed by atoms with Gasteiger partial charge in [-0.15, -0.1) is 0 Å². The quantitative estimate of drug-likeness (QED) is 0.863. The maximum atomic E-state index is 13.0. The van der Waals surface area contributed by atoms with E-state index in [2.05, 4.69) is 10.3 Å². The Morgan fingerprint density at radius 3 is 2.85 bits per heavy atom. The first-order valence-corrected chi connectivity index (χ1v) is 10.2. The van der Waals surface area contributed by atoms with Gasteiger partial charge >= 0.3 is 0 Å². The fourth-order valence-electron chi connectivity index (χ4n) is 2.99. The molecule has 8 heteroatoms. The molecule has 2 heterocycles. The number of carbonyl (C=O) groups is 1. The van der Waals surface area contributed by atoms with E-state index in [1.807, 2.05) is 6.92 Å². The Kier molecular flexibility index (Phi) is 5.60. The summed E-state index contributed by atoms with van der Waals surface area (Å²) in [6.45, 7) is 2.96. The molecule has 1 N–H and O–H groups in total. The van der Waals surface area contributed by atoms with Crippen LogP contribution >= 0.6 is 11.6 Å². The lowest BCUT2D eigenvalue weighted by molar-refractivity contribution is 0.102. The second-order valence-corrected chi connectivity index (χ2v) is 8.77. The monoisotopic (exact) mass is 393 g/mol. The first-order chi connectivity index (χ1) is 12.4. The Bertz CT molecular complexity index is 903. The first kappa shape index (κ1) is 18.8. The van der Waals surface area contributed by atoms with Crippen molar-refractivity contribution >= 4 is 33.2 Å². The van der Waals surface area contributed by atoms with Crippen molar-refractivity contribution in [2.75, 3.05) is 18.4 Å². The number of sulfonamides is 1. The molecule has 1 saturated heterocycles. The van der Waals surface area contributed by atoms with Crippen molar-refractivity contribution in [2.24, 2.45) is 5.92 Å². The van der Waals surface area contributed by atoms with Gasteiger partial charge in [-0.2, -0.15) is 4.31 Å². The van der Waals surface area contributed by atoms with E-state index < -0.39 is 15.9 Å². The number of amides is 1. The molecule has 0 bridgehead atoms. The van der Waals surface area contributed by atoms with Gasteiger partial charge in [0.2, 0.25) is 10.0 Å². The summed E-state index contributed by atoms with van der Waals surface area (Å²) in [5.74, 6) is -0.118. The van der Waals surface area contributed by atoms with Gasteiger partial charge in [0.1, 0.15) is 4.90 Å². The minimum Gasteiger partial charge on any atom is -0.321 e. The van der Waals surface area contributed by atoms with Gasteiger partial charge in [0.25, 0.3) is 5.91 Å². The van der Waals surface area contributed by atoms with Crippen molar-refractivity contribution in [2.45, 2.75) is 24.7 Å². The molecule has 1 aliphatic rings. The molecule has 3 rings (SSSR count). The molecule has 138 valence electrons. The summed E-state index contributed by atoms with van der Waals surface area (Å²) >= 11 is 6.15. The van der Waals surface area contributed by atoms with Crippen LogP contribution in [0.4, 0.5) is 5.69 Å². The fourth-order valence-corrected chi connectivity index (χ4v) is 5.08. The Morgan fingerprint density at radius 2 is 2.15 bits per heavy atom. The molecule has 1 amide bonds. The number of pyridine rings is 1. The average Bonchev–Trinajstić information content (AvgIpc) is 2.62. The van der Waals surface area contributed by atoms with Gasteiger partial charge in [0.15, 0.2) is 0 Å². The van der Waals surface area contributed by atoms with Gasteiger partial charge in [-0.1, -0.05) is 18.5 Å². The number of nitrogens with zero attached hydrogens (tertiary/aromatic N) is 2. The molecule has 2 aromatic rings. The Hall–Kier alpha value is -1.96. The van der Waals surface area contributed by atoms with Gasteiger partial charge in [-0.25, -0.2) is 8.42 Å². The van der Waals surface area contributed by atoms with Crippen LogP contribution in [0.15, 0.2) is 47.6 Å². The van der Waals surface area contributed by atoms with E-state index in [-0.39, 0.29) is 15.5 Å². The average molecular weight is 394 g/mol. The van der Waals surface area contributed by atoms with Crippen LogP contribution in [-0.4, -0.2) is 36.7 Å². The molecule has 0 saturated carbocycles. The molecule has 6 nitrogen and oxygen atoms in total. The topological polar surface area (TPSA) is 79.4 Å². The number of anilines is 1. The van der Waals surface area contributed by atoms with Crippen LogP contribution in [0, 0.1) is 5.92 Å². The fraction of sp³-hybridized carbons (Fsp3) is 0.333. The van der Waals surface area contributed by atoms with E-state index >= 15 is 0 Å². The molecule has 1 atom stereocenters. The molecule has 0 radical (unpaired) electrons. The highest BCUT2D eigenvalue weighted by Crippen LogP contribution is 2.29. The van der Waals surface area contributed by atoms with Gasteiger partial charge in [0.05, 0.1) is 16.9 Å². The summed E-state index contributed by atoms with van der Waals surface area (Å²) in [6.07, 6.45) is 4.94. The van der Waals surface area contributed by atoms with Crippen LogP contribution < -0.4 is 5.32 Å². The first-order valence-electron chi connectivity index (χ1n) is 8.39. The number of rotatable bonds is 4. The second kappa shape index (κ2) is 7.73. The van der Waals surface area contributed by atoms with E-state index in [1.54, 1.807) is 18.3 Å². The van der Waals surface area contributed by atoms with E-state index in [4.69, 9.17) is 11.6 Å². The number of aromatic nitrogens is 1. The van der Waals surface area contributed by atoms with Crippen molar-refractivity contribution in [1.29, 1.82) is 0 Å². The molecule has 0 spiro atoms. The van der Waals surface area contributed by atoms with Crippen LogP contribution in [0.25, 0.3) is 0 Å². The lowest BCUT2D eigenvalue weighted by atomic mass is 10.0. The number of nitrogens with one attached hydrogen (secondary N) is 1. The molecule has 1 aromatic heterocycles. The summed E-state index contributed by atoms with van der Waals surface area (Å²) in [7, 11) is -3.75. The van der Waals surface area contributed by atoms with E-state index in [0.29, 0.717) is 24.7 Å². The third-order valence-electron chi connectivity index (χ3n) is 4.35. The lowest BCUT2D eigenvalue weighted by Crippen LogP contribution is -2.39. The number of halogens is 1. The van der Waals surface area contributed by atoms with E-state index in [1.165, 1.54) is 28.7 Å². The van der Waals surface area contributed by atoms with Crippen LogP contribution in [0.5, 0.6) is 0 Å². The van der Waals surface area contributed by atoms with Crippen molar-refractivity contribution in [3.8, 4) is 0 Å². The minimum atomic E-state index is -3.75. The van der Waals surface area contributed by atoms with Crippen LogP contribution in [0.1, 0.15) is 30.1 Å². The van der Waals surface area contributed by atoms with Crippen molar-refractivity contribution in [3.63, 3.8) is 0 Å². The smallest absolute Gasteiger partial charge is 0.255 e. The maximum Gasteiger partial charge on any atom is 0.255 e. The molecular weight excluding hydrogens is 374 g/mol. The second-order valence-electron chi connectivity index (χ2n) is 6.45. The number of hydrogen-bond acceptors (Lipinski definition) is 4. The van der Waals surface area contributed by atoms with Crippen molar-refractivity contribution in [1.82, 2.24) is 9.29 Å². The summed E-state index contributed by atoms with van der Waals surface area (Å²) in [5, 5.41) is 2.80. The summed E-state index contributed by atoms with van der Waals surface area (Å²) in [4.78, 5) is 16.3. The SMILES string of the molecule is CC1CCCN(S(=O)(=O)c2cc(C(=O)Nc3cccnc3)ccc2Cl)C1. The Labute approximate surface area is 158 Å². The van der Waals surface area contributed by atoms with Gasteiger partial charge in [0, 0.05) is 24.8 Å². The zero-order valence-electron chi connectivity index (χ0n) is 14.4. The zero-order chi connectivity index (χ0) is 18.7. The van der Waals surface area contributed by atoms with Gasteiger partial charge in [-0.3, -0.25) is 9.78 Å². The highest BCUT2D eigenvalue weighted by Gasteiger charge is 2.30. The summed E-state index contributed by atoms with van der Waals surface area (Å²) < 4.78 is 27.4. The Morgan fingerprint density at radius 1 is 1.35 bits per heavy atom. The van der Waals surface area contributed by atoms with E-state index in [0.717, 1.165) is 12.8 Å². The minimum absolute atomic E-state index is 0.0351. The molecule has 26 heavy (non-hydrogen) atoms. The third kappa shape index (κ3) is 4.06. The van der Waals surface area contributed by atoms with Gasteiger partial charge < -0.3 is 5.32 Å².